The zero-order chi connectivity index (χ0) is 23.2. The summed E-state index contributed by atoms with van der Waals surface area (Å²) in [6, 6.07) is 4.33. The van der Waals surface area contributed by atoms with Crippen LogP contribution in [-0.4, -0.2) is 54.1 Å². The molecule has 6 nitrogen and oxygen atoms in total. The van der Waals surface area contributed by atoms with Crippen LogP contribution < -0.4 is 9.47 Å². The molecule has 1 saturated heterocycles. The zero-order valence-electron chi connectivity index (χ0n) is 20.3. The largest absolute Gasteiger partial charge is 0.493 e. The Morgan fingerprint density at radius 1 is 1.30 bits per heavy atom. The second-order valence-electron chi connectivity index (χ2n) is 11.4. The number of likely N-dealkylation sites (tertiary alicyclic amines) is 1. The summed E-state index contributed by atoms with van der Waals surface area (Å²) in [6.07, 6.45) is 9.60. The van der Waals surface area contributed by atoms with Crippen LogP contribution in [0.15, 0.2) is 12.1 Å². The van der Waals surface area contributed by atoms with E-state index >= 15 is 0 Å². The number of aliphatic hydroxyl groups is 1. The lowest BCUT2D eigenvalue weighted by atomic mass is 9.33. The lowest BCUT2D eigenvalue weighted by Gasteiger charge is -2.74. The second-order valence-corrected chi connectivity index (χ2v) is 11.4. The minimum absolute atomic E-state index is 0.0450. The fraction of sp³-hybridized carbons (Fsp3) is 0.741. The summed E-state index contributed by atoms with van der Waals surface area (Å²) in [7, 11) is 3.52. The quantitative estimate of drug-likeness (QED) is 0.659. The van der Waals surface area contributed by atoms with Crippen LogP contribution in [0.3, 0.4) is 0 Å². The Morgan fingerprint density at radius 3 is 2.82 bits per heavy atom. The molecule has 6 aliphatic rings. The second kappa shape index (κ2) is 6.79. The molecule has 0 amide bonds. The van der Waals surface area contributed by atoms with E-state index in [1.165, 1.54) is 11.1 Å². The molecule has 2 aliphatic heterocycles. The molecule has 2 spiro atoms. The molecule has 6 heteroatoms. The van der Waals surface area contributed by atoms with Crippen LogP contribution in [0.1, 0.15) is 69.9 Å². The van der Waals surface area contributed by atoms with E-state index in [1.54, 1.807) is 7.11 Å². The van der Waals surface area contributed by atoms with Crippen molar-refractivity contribution in [1.29, 1.82) is 5.26 Å². The third kappa shape index (κ3) is 2.27. The first-order chi connectivity index (χ1) is 15.8. The van der Waals surface area contributed by atoms with Crippen LogP contribution in [0.25, 0.3) is 0 Å². The molecule has 0 aromatic heterocycles. The number of rotatable bonds is 6. The van der Waals surface area contributed by atoms with Crippen molar-refractivity contribution in [2.75, 3.05) is 20.8 Å². The normalized spacial score (nSPS) is 41.1. The standard InChI is InChI=1S/C27H36N2O4/c1-5-6-9-24(2,30)19-15-25-10-11-27(19,32-4)23-26(25)12-13-29(16-28)20(25)14-17-7-8-18(31-3)22(33-23)21(17)26/h7-8,19-20,23,30H,5-6,9-15H2,1-4H3/t19-,20?,23-,24?,25-,26?,27-/m1/s1. The molecular weight excluding hydrogens is 416 g/mol. The minimum Gasteiger partial charge on any atom is -0.493 e. The van der Waals surface area contributed by atoms with Crippen molar-refractivity contribution >= 4 is 0 Å². The van der Waals surface area contributed by atoms with Crippen molar-refractivity contribution in [2.24, 2.45) is 11.3 Å². The summed E-state index contributed by atoms with van der Waals surface area (Å²) in [5.41, 5.74) is 0.878. The van der Waals surface area contributed by atoms with Gasteiger partial charge in [0, 0.05) is 42.0 Å². The Balaban J connectivity index is 1.61. The molecule has 33 heavy (non-hydrogen) atoms. The number of piperidine rings is 1. The van der Waals surface area contributed by atoms with Gasteiger partial charge in [-0.05, 0) is 57.1 Å². The summed E-state index contributed by atoms with van der Waals surface area (Å²) in [5, 5.41) is 22.0. The Kier molecular flexibility index (Phi) is 4.44. The Labute approximate surface area is 196 Å². The van der Waals surface area contributed by atoms with Crippen molar-refractivity contribution in [3.05, 3.63) is 23.3 Å². The van der Waals surface area contributed by atoms with E-state index in [4.69, 9.17) is 14.2 Å². The molecule has 1 aromatic rings. The van der Waals surface area contributed by atoms with E-state index in [0.29, 0.717) is 0 Å². The number of benzene rings is 1. The zero-order valence-corrected chi connectivity index (χ0v) is 20.3. The maximum Gasteiger partial charge on any atom is 0.179 e. The lowest BCUT2D eigenvalue weighted by Crippen LogP contribution is -2.82. The smallest absolute Gasteiger partial charge is 0.179 e. The van der Waals surface area contributed by atoms with E-state index in [9.17, 15) is 10.4 Å². The number of nitrogens with zero attached hydrogens (tertiary/aromatic N) is 2. The molecule has 7 atom stereocenters. The molecule has 4 bridgehead atoms. The van der Waals surface area contributed by atoms with Gasteiger partial charge in [-0.3, -0.25) is 0 Å². The highest BCUT2D eigenvalue weighted by atomic mass is 16.6. The maximum absolute atomic E-state index is 11.9. The van der Waals surface area contributed by atoms with Gasteiger partial charge in [-0.1, -0.05) is 25.8 Å². The van der Waals surface area contributed by atoms with Crippen LogP contribution >= 0.6 is 0 Å². The van der Waals surface area contributed by atoms with E-state index in [0.717, 1.165) is 69.4 Å². The fourth-order valence-electron chi connectivity index (χ4n) is 9.16. The van der Waals surface area contributed by atoms with E-state index < -0.39 is 11.2 Å². The number of nitriles is 1. The van der Waals surface area contributed by atoms with Gasteiger partial charge < -0.3 is 24.2 Å². The Bertz CT molecular complexity index is 1030. The molecule has 4 fully saturated rings. The van der Waals surface area contributed by atoms with E-state index in [1.807, 2.05) is 25.0 Å². The predicted molar refractivity (Wildman–Crippen MR) is 123 cm³/mol. The number of hydrogen-bond acceptors (Lipinski definition) is 6. The highest BCUT2D eigenvalue weighted by Crippen LogP contribution is 2.77. The molecule has 1 N–H and O–H groups in total. The summed E-state index contributed by atoms with van der Waals surface area (Å²) >= 11 is 0. The fourth-order valence-corrected chi connectivity index (χ4v) is 9.16. The lowest BCUT2D eigenvalue weighted by molar-refractivity contribution is -0.300. The molecule has 0 radical (unpaired) electrons. The number of unbranched alkanes of at least 4 members (excludes halogenated alkanes) is 1. The van der Waals surface area contributed by atoms with Gasteiger partial charge in [0.15, 0.2) is 17.7 Å². The number of fused-ring (bicyclic) bond motifs is 2. The highest BCUT2D eigenvalue weighted by molar-refractivity contribution is 5.63. The molecule has 4 aliphatic carbocycles. The summed E-state index contributed by atoms with van der Waals surface area (Å²) in [5.74, 6) is 1.62. The van der Waals surface area contributed by atoms with Gasteiger partial charge in [0.25, 0.3) is 0 Å². The van der Waals surface area contributed by atoms with Crippen molar-refractivity contribution in [3.8, 4) is 17.7 Å². The third-order valence-corrected chi connectivity index (χ3v) is 10.5. The molecule has 2 heterocycles. The number of methoxy groups -OCH3 is 2. The SMILES string of the molecule is CCCCC(C)(O)[C@H]1C[C@@]23CC[C@]1(OC)[C@@H]1Oc4c(OC)ccc5c4C12CCN(C#N)C3C5. The van der Waals surface area contributed by atoms with Gasteiger partial charge in [0.05, 0.1) is 12.7 Å². The predicted octanol–water partition coefficient (Wildman–Crippen LogP) is 3.93. The molecule has 1 aromatic carbocycles. The van der Waals surface area contributed by atoms with Gasteiger partial charge in [0.2, 0.25) is 0 Å². The van der Waals surface area contributed by atoms with Crippen LogP contribution in [0, 0.1) is 22.8 Å². The first-order valence-electron chi connectivity index (χ1n) is 12.7. The van der Waals surface area contributed by atoms with Crippen molar-refractivity contribution in [2.45, 2.75) is 94.0 Å². The maximum atomic E-state index is 11.9. The van der Waals surface area contributed by atoms with Gasteiger partial charge in [-0.25, -0.2) is 0 Å². The van der Waals surface area contributed by atoms with Gasteiger partial charge in [-0.2, -0.15) is 5.26 Å². The molecule has 3 unspecified atom stereocenters. The van der Waals surface area contributed by atoms with E-state index in [2.05, 4.69) is 19.2 Å². The first-order valence-corrected chi connectivity index (χ1v) is 12.7. The van der Waals surface area contributed by atoms with Gasteiger partial charge >= 0.3 is 0 Å². The number of ether oxygens (including phenoxy) is 3. The minimum atomic E-state index is -0.852. The first kappa shape index (κ1) is 21.6. The van der Waals surface area contributed by atoms with Gasteiger partial charge in [0.1, 0.15) is 11.7 Å². The van der Waals surface area contributed by atoms with Gasteiger partial charge in [-0.15, -0.1) is 0 Å². The molecule has 3 saturated carbocycles. The molecular formula is C27H36N2O4. The summed E-state index contributed by atoms with van der Waals surface area (Å²) in [4.78, 5) is 2.04. The van der Waals surface area contributed by atoms with Crippen molar-refractivity contribution in [1.82, 2.24) is 4.90 Å². The third-order valence-electron chi connectivity index (χ3n) is 10.5. The average molecular weight is 453 g/mol. The Hall–Kier alpha value is -1.97. The molecule has 178 valence electrons. The highest BCUT2D eigenvalue weighted by Gasteiger charge is 2.82. The monoisotopic (exact) mass is 452 g/mol. The van der Waals surface area contributed by atoms with Crippen molar-refractivity contribution in [3.63, 3.8) is 0 Å². The van der Waals surface area contributed by atoms with Crippen LogP contribution in [0.4, 0.5) is 0 Å². The topological polar surface area (TPSA) is 75.0 Å². The van der Waals surface area contributed by atoms with Crippen LogP contribution in [-0.2, 0) is 16.6 Å². The van der Waals surface area contributed by atoms with E-state index in [-0.39, 0.29) is 28.9 Å². The summed E-state index contributed by atoms with van der Waals surface area (Å²) in [6.45, 7) is 4.92. The summed E-state index contributed by atoms with van der Waals surface area (Å²) < 4.78 is 19.2. The van der Waals surface area contributed by atoms with Crippen LogP contribution in [0.5, 0.6) is 11.5 Å². The average Bonchev–Trinajstić information content (AvgIpc) is 3.19. The Morgan fingerprint density at radius 2 is 2.12 bits per heavy atom. The molecule has 7 rings (SSSR count). The van der Waals surface area contributed by atoms with Crippen molar-refractivity contribution < 1.29 is 19.3 Å². The number of hydrogen-bond donors (Lipinski definition) is 1. The van der Waals surface area contributed by atoms with Crippen LogP contribution in [0.2, 0.25) is 0 Å².